The summed E-state index contributed by atoms with van der Waals surface area (Å²) >= 11 is 1.52. The van der Waals surface area contributed by atoms with Crippen molar-refractivity contribution < 1.29 is 18.7 Å². The molecule has 2 atom stereocenters. The average molecular weight is 439 g/mol. The molecule has 1 aliphatic heterocycles. The quantitative estimate of drug-likeness (QED) is 0.604. The predicted octanol–water partition coefficient (Wildman–Crippen LogP) is 4.13. The van der Waals surface area contributed by atoms with Crippen molar-refractivity contribution in [2.75, 3.05) is 20.3 Å². The molecule has 7 heteroatoms. The Hall–Kier alpha value is -3.03. The third-order valence-electron chi connectivity index (χ3n) is 5.47. The molecule has 0 bridgehead atoms. The Morgan fingerprint density at radius 2 is 1.90 bits per heavy atom. The summed E-state index contributed by atoms with van der Waals surface area (Å²) in [6.07, 6.45) is 0. The van der Waals surface area contributed by atoms with E-state index in [1.54, 1.807) is 30.2 Å². The van der Waals surface area contributed by atoms with Crippen LogP contribution in [-0.4, -0.2) is 37.0 Å². The van der Waals surface area contributed by atoms with Crippen molar-refractivity contribution >= 4 is 23.2 Å². The lowest BCUT2D eigenvalue weighted by atomic mass is 9.81. The van der Waals surface area contributed by atoms with E-state index in [4.69, 9.17) is 4.74 Å². The van der Waals surface area contributed by atoms with E-state index in [9.17, 15) is 14.0 Å². The highest BCUT2D eigenvalue weighted by Crippen LogP contribution is 2.44. The predicted molar refractivity (Wildman–Crippen MR) is 117 cm³/mol. The molecule has 0 radical (unpaired) electrons. The number of hydrogen-bond donors (Lipinski definition) is 1. The summed E-state index contributed by atoms with van der Waals surface area (Å²) in [5.41, 5.74) is 2.06. The van der Waals surface area contributed by atoms with Crippen molar-refractivity contribution in [2.45, 2.75) is 18.5 Å². The Balaban J connectivity index is 1.70. The zero-order chi connectivity index (χ0) is 21.8. The van der Waals surface area contributed by atoms with E-state index in [2.05, 4.69) is 5.32 Å². The van der Waals surface area contributed by atoms with E-state index >= 15 is 0 Å². The number of methoxy groups -OCH3 is 1. The standard InChI is InChI=1S/C24H23FN2O3S/c1-30-13-12-27-22(20-7-4-14-31-20)21(18-5-2-3-6-19(18)24(27)29)23(28)26-15-16-8-10-17(25)11-9-16/h2-11,14,21-22H,12-13,15H2,1H3,(H,26,28)/t21-,22-/m0/s1. The van der Waals surface area contributed by atoms with Crippen molar-refractivity contribution in [3.63, 3.8) is 0 Å². The minimum atomic E-state index is -0.565. The van der Waals surface area contributed by atoms with Gasteiger partial charge < -0.3 is 15.0 Å². The minimum absolute atomic E-state index is 0.103. The van der Waals surface area contributed by atoms with E-state index in [0.717, 1.165) is 16.0 Å². The van der Waals surface area contributed by atoms with Gasteiger partial charge in [-0.25, -0.2) is 4.39 Å². The number of benzene rings is 2. The molecule has 31 heavy (non-hydrogen) atoms. The summed E-state index contributed by atoms with van der Waals surface area (Å²) in [6, 6.07) is 16.8. The minimum Gasteiger partial charge on any atom is -0.383 e. The van der Waals surface area contributed by atoms with Crippen LogP contribution < -0.4 is 5.32 Å². The van der Waals surface area contributed by atoms with Crippen LogP contribution in [0.1, 0.15) is 38.3 Å². The molecule has 2 amide bonds. The summed E-state index contributed by atoms with van der Waals surface area (Å²) < 4.78 is 18.4. The molecule has 1 N–H and O–H groups in total. The molecule has 5 nitrogen and oxygen atoms in total. The van der Waals surface area contributed by atoms with Crippen LogP contribution in [0.15, 0.2) is 66.0 Å². The van der Waals surface area contributed by atoms with Gasteiger partial charge >= 0.3 is 0 Å². The number of nitrogens with one attached hydrogen (secondary N) is 1. The molecule has 160 valence electrons. The Kier molecular flexibility index (Phi) is 6.44. The van der Waals surface area contributed by atoms with E-state index in [1.807, 2.05) is 35.7 Å². The van der Waals surface area contributed by atoms with E-state index in [0.29, 0.717) is 18.7 Å². The maximum atomic E-state index is 13.5. The molecule has 0 aliphatic carbocycles. The molecule has 4 rings (SSSR count). The van der Waals surface area contributed by atoms with Gasteiger partial charge in [0, 0.05) is 30.6 Å². The fraction of sp³-hybridized carbons (Fsp3) is 0.250. The molecule has 0 fully saturated rings. The normalized spacial score (nSPS) is 18.0. The van der Waals surface area contributed by atoms with E-state index in [-0.39, 0.29) is 24.2 Å². The first kappa shape index (κ1) is 21.2. The summed E-state index contributed by atoms with van der Waals surface area (Å²) in [6.45, 7) is 1.04. The van der Waals surface area contributed by atoms with Gasteiger partial charge in [0.05, 0.1) is 18.6 Å². The second-order valence-electron chi connectivity index (χ2n) is 7.36. The Bertz CT molecular complexity index is 1050. The van der Waals surface area contributed by atoms with E-state index < -0.39 is 12.0 Å². The first-order valence-electron chi connectivity index (χ1n) is 10.0. The Morgan fingerprint density at radius 3 is 2.61 bits per heavy atom. The van der Waals surface area contributed by atoms with E-state index in [1.165, 1.54) is 23.5 Å². The van der Waals surface area contributed by atoms with Crippen LogP contribution >= 0.6 is 11.3 Å². The lowest BCUT2D eigenvalue weighted by molar-refractivity contribution is -0.124. The number of carbonyl (C=O) groups excluding carboxylic acids is 2. The number of ether oxygens (including phenoxy) is 1. The van der Waals surface area contributed by atoms with Crippen LogP contribution in [0.3, 0.4) is 0 Å². The average Bonchev–Trinajstić information content (AvgIpc) is 3.32. The third-order valence-corrected chi connectivity index (χ3v) is 6.42. The summed E-state index contributed by atoms with van der Waals surface area (Å²) in [4.78, 5) is 29.5. The largest absolute Gasteiger partial charge is 0.383 e. The molecular formula is C24H23FN2O3S. The van der Waals surface area contributed by atoms with Crippen LogP contribution in [0.4, 0.5) is 4.39 Å². The number of thiophene rings is 1. The van der Waals surface area contributed by atoms with Crippen molar-refractivity contribution in [1.29, 1.82) is 0 Å². The van der Waals surface area contributed by atoms with Crippen LogP contribution in [0.2, 0.25) is 0 Å². The smallest absolute Gasteiger partial charge is 0.254 e. The molecule has 0 saturated heterocycles. The molecule has 0 spiro atoms. The highest BCUT2D eigenvalue weighted by atomic mass is 32.1. The van der Waals surface area contributed by atoms with Crippen LogP contribution in [-0.2, 0) is 16.1 Å². The van der Waals surface area contributed by atoms with Crippen LogP contribution in [0.25, 0.3) is 0 Å². The first-order chi connectivity index (χ1) is 15.1. The second-order valence-corrected chi connectivity index (χ2v) is 8.34. The molecule has 2 aromatic carbocycles. The summed E-state index contributed by atoms with van der Waals surface area (Å²) in [5.74, 6) is -1.16. The number of nitrogens with zero attached hydrogens (tertiary/aromatic N) is 1. The van der Waals surface area contributed by atoms with Gasteiger partial charge in [0.25, 0.3) is 5.91 Å². The molecular weight excluding hydrogens is 415 g/mol. The number of amides is 2. The van der Waals surface area contributed by atoms with Gasteiger partial charge in [0.2, 0.25) is 5.91 Å². The van der Waals surface area contributed by atoms with Gasteiger partial charge in [0.1, 0.15) is 5.82 Å². The molecule has 1 aliphatic rings. The first-order valence-corrected chi connectivity index (χ1v) is 10.9. The SMILES string of the molecule is COCCN1C(=O)c2ccccc2[C@H](C(=O)NCc2ccc(F)cc2)[C@@H]1c1cccs1. The van der Waals surface area contributed by atoms with Gasteiger partial charge in [-0.2, -0.15) is 0 Å². The fourth-order valence-corrected chi connectivity index (χ4v) is 4.86. The molecule has 0 unspecified atom stereocenters. The number of halogens is 1. The monoisotopic (exact) mass is 438 g/mol. The van der Waals surface area contributed by atoms with Crippen LogP contribution in [0, 0.1) is 5.82 Å². The number of rotatable bonds is 7. The Morgan fingerprint density at radius 1 is 1.13 bits per heavy atom. The highest BCUT2D eigenvalue weighted by Gasteiger charge is 2.44. The molecule has 1 aromatic heterocycles. The lowest BCUT2D eigenvalue weighted by Crippen LogP contribution is -2.48. The van der Waals surface area contributed by atoms with Crippen LogP contribution in [0.5, 0.6) is 0 Å². The van der Waals surface area contributed by atoms with Gasteiger partial charge in [-0.1, -0.05) is 36.4 Å². The van der Waals surface area contributed by atoms with Crippen molar-refractivity contribution in [3.05, 3.63) is 93.4 Å². The van der Waals surface area contributed by atoms with Gasteiger partial charge in [-0.05, 0) is 40.8 Å². The maximum absolute atomic E-state index is 13.5. The third kappa shape index (κ3) is 4.38. The van der Waals surface area contributed by atoms with Gasteiger partial charge in [-0.3, -0.25) is 9.59 Å². The van der Waals surface area contributed by atoms with Crippen molar-refractivity contribution in [3.8, 4) is 0 Å². The fourth-order valence-electron chi connectivity index (χ4n) is 3.99. The van der Waals surface area contributed by atoms with Gasteiger partial charge in [-0.15, -0.1) is 11.3 Å². The summed E-state index contributed by atoms with van der Waals surface area (Å²) in [7, 11) is 1.59. The molecule has 2 heterocycles. The molecule has 3 aromatic rings. The molecule has 0 saturated carbocycles. The zero-order valence-electron chi connectivity index (χ0n) is 17.1. The summed E-state index contributed by atoms with van der Waals surface area (Å²) in [5, 5.41) is 4.93. The number of fused-ring (bicyclic) bond motifs is 1. The highest BCUT2D eigenvalue weighted by molar-refractivity contribution is 7.10. The lowest BCUT2D eigenvalue weighted by Gasteiger charge is -2.41. The Labute approximate surface area is 184 Å². The maximum Gasteiger partial charge on any atom is 0.254 e. The van der Waals surface area contributed by atoms with Crippen molar-refractivity contribution in [2.24, 2.45) is 0 Å². The second kappa shape index (κ2) is 9.41. The van der Waals surface area contributed by atoms with Crippen molar-refractivity contribution in [1.82, 2.24) is 10.2 Å². The topological polar surface area (TPSA) is 58.6 Å². The van der Waals surface area contributed by atoms with Gasteiger partial charge in [0.15, 0.2) is 0 Å². The number of carbonyl (C=O) groups is 2. The zero-order valence-corrected chi connectivity index (χ0v) is 17.9. The number of hydrogen-bond acceptors (Lipinski definition) is 4.